The van der Waals surface area contributed by atoms with Gasteiger partial charge in [-0.15, -0.1) is 0 Å². The highest BCUT2D eigenvalue weighted by Crippen LogP contribution is 2.39. The number of amides is 1. The van der Waals surface area contributed by atoms with Crippen LogP contribution in [0, 0.1) is 5.82 Å². The lowest BCUT2D eigenvalue weighted by Crippen LogP contribution is -2.48. The molecule has 1 aliphatic heterocycles. The topological polar surface area (TPSA) is 69.6 Å². The molecule has 2 aromatic heterocycles. The molecule has 28 heavy (non-hydrogen) atoms. The maximum atomic E-state index is 14.2. The normalized spacial score (nSPS) is 14.5. The van der Waals surface area contributed by atoms with Crippen LogP contribution in [0.3, 0.4) is 0 Å². The molecule has 9 heteroatoms. The van der Waals surface area contributed by atoms with Crippen LogP contribution >= 0.6 is 23.1 Å². The van der Waals surface area contributed by atoms with Crippen LogP contribution in [0.2, 0.25) is 5.02 Å². The lowest BCUT2D eigenvalue weighted by molar-refractivity contribution is -0.126. The van der Waals surface area contributed by atoms with Crippen molar-refractivity contribution < 1.29 is 14.3 Å². The number of hydrogen-bond donors (Lipinski definition) is 1. The van der Waals surface area contributed by atoms with E-state index in [9.17, 15) is 14.3 Å². The molecule has 0 saturated carbocycles. The van der Waals surface area contributed by atoms with Crippen molar-refractivity contribution in [1.82, 2.24) is 14.3 Å². The van der Waals surface area contributed by atoms with Crippen molar-refractivity contribution >= 4 is 45.1 Å². The van der Waals surface area contributed by atoms with Crippen LogP contribution < -0.4 is 4.90 Å². The molecule has 0 atom stereocenters. The highest BCUT2D eigenvalue weighted by molar-refractivity contribution is 7.11. The molecule has 1 saturated heterocycles. The summed E-state index contributed by atoms with van der Waals surface area (Å²) in [7, 11) is 0. The van der Waals surface area contributed by atoms with Crippen LogP contribution in [0.4, 0.5) is 9.39 Å². The molecule has 1 aliphatic rings. The van der Waals surface area contributed by atoms with Gasteiger partial charge in [-0.3, -0.25) is 4.79 Å². The van der Waals surface area contributed by atoms with Crippen molar-refractivity contribution in [2.45, 2.75) is 0 Å². The van der Waals surface area contributed by atoms with Gasteiger partial charge >= 0.3 is 0 Å². The van der Waals surface area contributed by atoms with Crippen molar-refractivity contribution in [3.05, 3.63) is 47.8 Å². The van der Waals surface area contributed by atoms with E-state index in [1.807, 2.05) is 0 Å². The monoisotopic (exact) mass is 418 g/mol. The SMILES string of the molecule is C=CC(=O)N1CCN(c2snc3nc(-c4c(O)cccc4F)c(Cl)cc23)CC1. The average Bonchev–Trinajstić information content (AvgIpc) is 3.10. The van der Waals surface area contributed by atoms with Crippen molar-refractivity contribution in [3.8, 4) is 17.0 Å². The van der Waals surface area contributed by atoms with Crippen molar-refractivity contribution in [2.24, 2.45) is 0 Å². The van der Waals surface area contributed by atoms with Gasteiger partial charge < -0.3 is 14.9 Å². The number of carbonyl (C=O) groups is 1. The number of aromatic nitrogens is 2. The van der Waals surface area contributed by atoms with Crippen LogP contribution in [0.25, 0.3) is 22.3 Å². The number of nitrogens with zero attached hydrogens (tertiary/aromatic N) is 4. The number of rotatable bonds is 3. The Labute approximate surface area is 169 Å². The van der Waals surface area contributed by atoms with Crippen LogP contribution in [-0.2, 0) is 4.79 Å². The van der Waals surface area contributed by atoms with E-state index in [4.69, 9.17) is 11.6 Å². The molecule has 0 aliphatic carbocycles. The summed E-state index contributed by atoms with van der Waals surface area (Å²) in [5.41, 5.74) is 0.551. The van der Waals surface area contributed by atoms with E-state index in [1.54, 1.807) is 11.0 Å². The van der Waals surface area contributed by atoms with Crippen LogP contribution in [0.1, 0.15) is 0 Å². The first-order valence-corrected chi connectivity index (χ1v) is 9.74. The lowest BCUT2D eigenvalue weighted by atomic mass is 10.1. The minimum atomic E-state index is -0.604. The first-order valence-electron chi connectivity index (χ1n) is 8.59. The summed E-state index contributed by atoms with van der Waals surface area (Å²) in [6.07, 6.45) is 1.32. The summed E-state index contributed by atoms with van der Waals surface area (Å²) in [4.78, 5) is 20.0. The Balaban J connectivity index is 1.68. The Hall–Kier alpha value is -2.71. The Bertz CT molecular complexity index is 1060. The molecule has 1 amide bonds. The van der Waals surface area contributed by atoms with Gasteiger partial charge in [-0.2, -0.15) is 4.37 Å². The molecule has 3 heterocycles. The third-order valence-electron chi connectivity index (χ3n) is 4.69. The summed E-state index contributed by atoms with van der Waals surface area (Å²) in [5, 5.41) is 11.9. The number of anilines is 1. The Morgan fingerprint density at radius 1 is 1.32 bits per heavy atom. The van der Waals surface area contributed by atoms with E-state index in [0.717, 1.165) is 10.4 Å². The standard InChI is InChI=1S/C19H16ClFN4O2S/c1-2-15(27)24-6-8-25(9-7-24)19-11-10-12(20)17(22-18(11)23-28-19)16-13(21)4-3-5-14(16)26/h2-5,10,26H,1,6-9H2. The third kappa shape index (κ3) is 3.18. The second-order valence-electron chi connectivity index (χ2n) is 6.33. The maximum absolute atomic E-state index is 14.2. The summed E-state index contributed by atoms with van der Waals surface area (Å²) in [6, 6.07) is 5.74. The molecule has 0 unspecified atom stereocenters. The van der Waals surface area contributed by atoms with E-state index in [-0.39, 0.29) is 27.9 Å². The van der Waals surface area contributed by atoms with Gasteiger partial charge in [0.1, 0.15) is 16.6 Å². The van der Waals surface area contributed by atoms with Gasteiger partial charge in [0, 0.05) is 26.2 Å². The summed E-state index contributed by atoms with van der Waals surface area (Å²) < 4.78 is 18.6. The molecule has 1 fully saturated rings. The van der Waals surface area contributed by atoms with Crippen molar-refractivity contribution in [1.29, 1.82) is 0 Å². The first kappa shape index (κ1) is 18.6. The molecule has 0 spiro atoms. The van der Waals surface area contributed by atoms with Gasteiger partial charge in [-0.05, 0) is 35.8 Å². The van der Waals surface area contributed by atoms with Gasteiger partial charge in [0.25, 0.3) is 0 Å². The zero-order valence-electron chi connectivity index (χ0n) is 14.7. The van der Waals surface area contributed by atoms with Crippen molar-refractivity contribution in [3.63, 3.8) is 0 Å². The lowest BCUT2D eigenvalue weighted by Gasteiger charge is -2.34. The number of benzene rings is 1. The summed E-state index contributed by atoms with van der Waals surface area (Å²) >= 11 is 7.67. The summed E-state index contributed by atoms with van der Waals surface area (Å²) in [5.74, 6) is -0.910. The Morgan fingerprint density at radius 2 is 2.07 bits per heavy atom. The largest absolute Gasteiger partial charge is 0.507 e. The van der Waals surface area contributed by atoms with E-state index in [1.165, 1.54) is 35.8 Å². The fourth-order valence-corrected chi connectivity index (χ4v) is 4.36. The molecule has 1 N–H and O–H groups in total. The van der Waals surface area contributed by atoms with E-state index >= 15 is 0 Å². The minimum Gasteiger partial charge on any atom is -0.507 e. The van der Waals surface area contributed by atoms with Gasteiger partial charge in [0.15, 0.2) is 5.65 Å². The fraction of sp³-hybridized carbons (Fsp3) is 0.211. The molecular weight excluding hydrogens is 403 g/mol. The van der Waals surface area contributed by atoms with E-state index < -0.39 is 5.82 Å². The van der Waals surface area contributed by atoms with Gasteiger partial charge in [-0.25, -0.2) is 9.37 Å². The number of pyridine rings is 1. The third-order valence-corrected chi connectivity index (χ3v) is 5.89. The van der Waals surface area contributed by atoms with Gasteiger partial charge in [0.05, 0.1) is 21.7 Å². The van der Waals surface area contributed by atoms with Crippen molar-refractivity contribution in [2.75, 3.05) is 31.1 Å². The predicted octanol–water partition coefficient (Wildman–Crippen LogP) is 3.69. The number of aromatic hydroxyl groups is 1. The van der Waals surface area contributed by atoms with E-state index in [0.29, 0.717) is 31.8 Å². The number of piperazine rings is 1. The highest BCUT2D eigenvalue weighted by atomic mass is 35.5. The van der Waals surface area contributed by atoms with Gasteiger partial charge in [0.2, 0.25) is 5.91 Å². The molecule has 1 aromatic carbocycles. The van der Waals surface area contributed by atoms with E-state index in [2.05, 4.69) is 20.8 Å². The minimum absolute atomic E-state index is 0.0412. The van der Waals surface area contributed by atoms with Crippen LogP contribution in [0.15, 0.2) is 36.9 Å². The Kier molecular flexibility index (Phi) is 4.91. The number of fused-ring (bicyclic) bond motifs is 1. The van der Waals surface area contributed by atoms with Crippen LogP contribution in [-0.4, -0.2) is 51.5 Å². The molecule has 4 rings (SSSR count). The van der Waals surface area contributed by atoms with Gasteiger partial charge in [-0.1, -0.05) is 24.2 Å². The molecule has 0 bridgehead atoms. The molecule has 144 valence electrons. The second kappa shape index (κ2) is 7.37. The predicted molar refractivity (Wildman–Crippen MR) is 108 cm³/mol. The zero-order valence-corrected chi connectivity index (χ0v) is 16.3. The molecule has 6 nitrogen and oxygen atoms in total. The maximum Gasteiger partial charge on any atom is 0.246 e. The molecule has 3 aromatic rings. The van der Waals surface area contributed by atoms with Crippen LogP contribution in [0.5, 0.6) is 5.75 Å². The smallest absolute Gasteiger partial charge is 0.246 e. The highest BCUT2D eigenvalue weighted by Gasteiger charge is 2.24. The average molecular weight is 419 g/mol. The molecule has 0 radical (unpaired) electrons. The number of hydrogen-bond acceptors (Lipinski definition) is 6. The second-order valence-corrected chi connectivity index (χ2v) is 7.49. The summed E-state index contributed by atoms with van der Waals surface area (Å²) in [6.45, 7) is 6.01. The molecular formula is C19H16ClFN4O2S. The number of phenols is 1. The fourth-order valence-electron chi connectivity index (χ4n) is 3.25. The number of halogens is 2. The number of phenolic OH excluding ortho intramolecular Hbond substituents is 1. The zero-order chi connectivity index (χ0) is 19.8. The number of carbonyl (C=O) groups excluding carboxylic acids is 1. The quantitative estimate of drug-likeness (QED) is 0.657. The Morgan fingerprint density at radius 3 is 2.75 bits per heavy atom. The first-order chi connectivity index (χ1) is 13.5.